The van der Waals surface area contributed by atoms with Gasteiger partial charge in [-0.1, -0.05) is 0 Å². The van der Waals surface area contributed by atoms with Crippen molar-refractivity contribution in [3.05, 3.63) is 48.8 Å². The number of carbonyl (C=O) groups is 1. The first-order chi connectivity index (χ1) is 9.74. The van der Waals surface area contributed by atoms with Gasteiger partial charge in [0.2, 0.25) is 0 Å². The summed E-state index contributed by atoms with van der Waals surface area (Å²) < 4.78 is 0. The van der Waals surface area contributed by atoms with E-state index in [-0.39, 0.29) is 5.69 Å². The van der Waals surface area contributed by atoms with Crippen LogP contribution in [0.5, 0.6) is 0 Å². The van der Waals surface area contributed by atoms with Gasteiger partial charge in [-0.15, -0.1) is 0 Å². The van der Waals surface area contributed by atoms with Crippen molar-refractivity contribution in [2.45, 2.75) is 0 Å². The third-order valence-electron chi connectivity index (χ3n) is 2.64. The molecule has 0 spiro atoms. The lowest BCUT2D eigenvalue weighted by Crippen LogP contribution is -2.02. The van der Waals surface area contributed by atoms with Crippen molar-refractivity contribution >= 4 is 28.4 Å². The maximum Gasteiger partial charge on any atom is 0.354 e. The molecule has 98 valence electrons. The van der Waals surface area contributed by atoms with Crippen molar-refractivity contribution in [2.75, 3.05) is 5.32 Å². The Morgan fingerprint density at radius 3 is 2.75 bits per heavy atom. The average Bonchev–Trinajstić information content (AvgIpc) is 2.48. The van der Waals surface area contributed by atoms with Crippen molar-refractivity contribution in [3.8, 4) is 0 Å². The Morgan fingerprint density at radius 2 is 2.00 bits per heavy atom. The molecule has 0 aliphatic carbocycles. The molecule has 7 nitrogen and oxygen atoms in total. The summed E-state index contributed by atoms with van der Waals surface area (Å²) in [6, 6.07) is 3.11. The second-order valence-corrected chi connectivity index (χ2v) is 3.98. The van der Waals surface area contributed by atoms with Crippen LogP contribution in [0.1, 0.15) is 10.5 Å². The van der Waals surface area contributed by atoms with Crippen molar-refractivity contribution in [1.82, 2.24) is 19.9 Å². The molecule has 0 atom stereocenters. The number of carboxylic acids is 1. The number of fused-ring (bicyclic) bond motifs is 1. The second kappa shape index (κ2) is 4.88. The third-order valence-corrected chi connectivity index (χ3v) is 2.64. The van der Waals surface area contributed by atoms with E-state index >= 15 is 0 Å². The second-order valence-electron chi connectivity index (χ2n) is 3.98. The van der Waals surface area contributed by atoms with Crippen molar-refractivity contribution in [3.63, 3.8) is 0 Å². The molecule has 0 aromatic carbocycles. The predicted octanol–water partition coefficient (Wildman–Crippen LogP) is 1.86. The fourth-order valence-electron chi connectivity index (χ4n) is 1.76. The monoisotopic (exact) mass is 267 g/mol. The zero-order valence-corrected chi connectivity index (χ0v) is 10.2. The Balaban J connectivity index is 2.10. The highest BCUT2D eigenvalue weighted by molar-refractivity contribution is 5.95. The van der Waals surface area contributed by atoms with Crippen LogP contribution in [0.15, 0.2) is 43.1 Å². The number of nitrogens with one attached hydrogen (secondary N) is 1. The molecule has 0 unspecified atom stereocenters. The Kier molecular flexibility index (Phi) is 2.92. The molecule has 0 amide bonds. The molecule has 3 aromatic heterocycles. The van der Waals surface area contributed by atoms with Crippen molar-refractivity contribution in [1.29, 1.82) is 0 Å². The van der Waals surface area contributed by atoms with E-state index in [4.69, 9.17) is 5.11 Å². The van der Waals surface area contributed by atoms with Gasteiger partial charge in [0.1, 0.15) is 11.5 Å². The quantitative estimate of drug-likeness (QED) is 0.746. The molecule has 0 aliphatic heterocycles. The molecular weight excluding hydrogens is 258 g/mol. The molecule has 0 fully saturated rings. The summed E-state index contributed by atoms with van der Waals surface area (Å²) in [5, 5.41) is 12.8. The molecule has 3 aromatic rings. The van der Waals surface area contributed by atoms with Gasteiger partial charge in [-0.3, -0.25) is 9.97 Å². The lowest BCUT2D eigenvalue weighted by molar-refractivity contribution is 0.0691. The highest BCUT2D eigenvalue weighted by Crippen LogP contribution is 2.22. The zero-order valence-electron chi connectivity index (χ0n) is 10.2. The maximum atomic E-state index is 11.0. The minimum Gasteiger partial charge on any atom is -0.477 e. The van der Waals surface area contributed by atoms with E-state index in [9.17, 15) is 4.79 Å². The van der Waals surface area contributed by atoms with Gasteiger partial charge < -0.3 is 10.4 Å². The van der Waals surface area contributed by atoms with E-state index in [2.05, 4.69) is 25.3 Å². The Bertz CT molecular complexity index is 776. The first-order valence-corrected chi connectivity index (χ1v) is 5.75. The predicted molar refractivity (Wildman–Crippen MR) is 71.8 cm³/mol. The van der Waals surface area contributed by atoms with Crippen LogP contribution < -0.4 is 5.32 Å². The number of anilines is 2. The fourth-order valence-corrected chi connectivity index (χ4v) is 1.76. The van der Waals surface area contributed by atoms with Crippen LogP contribution in [0, 0.1) is 0 Å². The molecule has 7 heteroatoms. The molecule has 3 heterocycles. The molecule has 0 saturated heterocycles. The summed E-state index contributed by atoms with van der Waals surface area (Å²) in [6.07, 6.45) is 7.86. The van der Waals surface area contributed by atoms with Crippen LogP contribution in [-0.4, -0.2) is 31.0 Å². The topological polar surface area (TPSA) is 101 Å². The van der Waals surface area contributed by atoms with Gasteiger partial charge in [0, 0.05) is 24.0 Å². The lowest BCUT2D eigenvalue weighted by atomic mass is 10.2. The first kappa shape index (κ1) is 12.0. The molecule has 0 saturated carbocycles. The third kappa shape index (κ3) is 2.24. The van der Waals surface area contributed by atoms with Crippen molar-refractivity contribution in [2.24, 2.45) is 0 Å². The van der Waals surface area contributed by atoms with E-state index in [0.717, 1.165) is 5.39 Å². The van der Waals surface area contributed by atoms with Gasteiger partial charge in [-0.2, -0.15) is 0 Å². The standard InChI is InChI=1S/C13H9N5O2/c19-13(20)9-2-1-8-5-15-6-10(12(8)18-9)17-11-7-14-3-4-16-11/h1-7H,(H,16,17)(H,19,20). The highest BCUT2D eigenvalue weighted by Gasteiger charge is 2.09. The smallest absolute Gasteiger partial charge is 0.354 e. The molecule has 20 heavy (non-hydrogen) atoms. The molecule has 3 rings (SSSR count). The van der Waals surface area contributed by atoms with E-state index in [1.165, 1.54) is 6.07 Å². The van der Waals surface area contributed by atoms with Crippen molar-refractivity contribution < 1.29 is 9.90 Å². The molecular formula is C13H9N5O2. The fraction of sp³-hybridized carbons (Fsp3) is 0. The maximum absolute atomic E-state index is 11.0. The zero-order chi connectivity index (χ0) is 13.9. The van der Waals surface area contributed by atoms with Gasteiger partial charge in [-0.25, -0.2) is 14.8 Å². The van der Waals surface area contributed by atoms with E-state index < -0.39 is 5.97 Å². The van der Waals surface area contributed by atoms with Crippen LogP contribution in [0.3, 0.4) is 0 Å². The van der Waals surface area contributed by atoms with Gasteiger partial charge in [0.05, 0.1) is 23.6 Å². The SMILES string of the molecule is O=C(O)c1ccc2cncc(Nc3cnccn3)c2n1. The minimum atomic E-state index is -1.07. The van der Waals surface area contributed by atoms with Crippen LogP contribution >= 0.6 is 0 Å². The van der Waals surface area contributed by atoms with E-state index in [0.29, 0.717) is 17.0 Å². The highest BCUT2D eigenvalue weighted by atomic mass is 16.4. The molecule has 0 radical (unpaired) electrons. The van der Waals surface area contributed by atoms with Gasteiger partial charge in [0.15, 0.2) is 0 Å². The summed E-state index contributed by atoms with van der Waals surface area (Å²) in [7, 11) is 0. The average molecular weight is 267 g/mol. The number of nitrogens with zero attached hydrogens (tertiary/aromatic N) is 4. The number of hydrogen-bond donors (Lipinski definition) is 2. The summed E-state index contributed by atoms with van der Waals surface area (Å²) >= 11 is 0. The summed E-state index contributed by atoms with van der Waals surface area (Å²) in [4.78, 5) is 27.2. The van der Waals surface area contributed by atoms with Crippen LogP contribution in [0.25, 0.3) is 10.9 Å². The minimum absolute atomic E-state index is 0.0223. The summed E-state index contributed by atoms with van der Waals surface area (Å²) in [5.74, 6) is -0.543. The van der Waals surface area contributed by atoms with Crippen LogP contribution in [0.4, 0.5) is 11.5 Å². The van der Waals surface area contributed by atoms with Crippen LogP contribution in [-0.2, 0) is 0 Å². The number of aromatic nitrogens is 4. The van der Waals surface area contributed by atoms with E-state index in [1.54, 1.807) is 37.1 Å². The normalized spacial score (nSPS) is 10.4. The number of carboxylic acid groups (broad SMARTS) is 1. The number of rotatable bonds is 3. The first-order valence-electron chi connectivity index (χ1n) is 5.75. The lowest BCUT2D eigenvalue weighted by Gasteiger charge is -2.07. The number of pyridine rings is 2. The van der Waals surface area contributed by atoms with Crippen LogP contribution in [0.2, 0.25) is 0 Å². The Hall–Kier alpha value is -3.09. The molecule has 0 aliphatic rings. The Morgan fingerprint density at radius 1 is 1.10 bits per heavy atom. The molecule has 0 bridgehead atoms. The van der Waals surface area contributed by atoms with E-state index in [1.807, 2.05) is 0 Å². The number of hydrogen-bond acceptors (Lipinski definition) is 6. The van der Waals surface area contributed by atoms with Gasteiger partial charge in [0.25, 0.3) is 0 Å². The van der Waals surface area contributed by atoms with Gasteiger partial charge in [-0.05, 0) is 12.1 Å². The van der Waals surface area contributed by atoms with Gasteiger partial charge >= 0.3 is 5.97 Å². The molecule has 2 N–H and O–H groups in total. The summed E-state index contributed by atoms with van der Waals surface area (Å²) in [5.41, 5.74) is 1.07. The Labute approximate surface area is 113 Å². The largest absolute Gasteiger partial charge is 0.477 e. The number of aromatic carboxylic acids is 1. The summed E-state index contributed by atoms with van der Waals surface area (Å²) in [6.45, 7) is 0.